The molecule has 0 aliphatic carbocycles. The molecule has 3 aromatic carbocycles. The normalized spacial score (nSPS) is 14.3. The SMILES string of the molecule is COc1ccc(CN(C(=O)CCc2ccc(S(=O)(=O)N3CCCC3)cc2)C(C(=O)NCCCOC(C)C)c2ccccc2)cc1. The van der Waals surface area contributed by atoms with Crippen molar-refractivity contribution in [3.8, 4) is 5.75 Å². The lowest BCUT2D eigenvalue weighted by Crippen LogP contribution is -2.44. The fourth-order valence-electron chi connectivity index (χ4n) is 5.36. The highest BCUT2D eigenvalue weighted by Crippen LogP contribution is 2.27. The third-order valence-corrected chi connectivity index (χ3v) is 9.75. The summed E-state index contributed by atoms with van der Waals surface area (Å²) >= 11 is 0. The maximum Gasteiger partial charge on any atom is 0.247 e. The first kappa shape index (κ1) is 34.1. The number of carbonyl (C=O) groups is 2. The molecule has 0 aromatic heterocycles. The predicted octanol–water partition coefficient (Wildman–Crippen LogP) is 5.11. The molecule has 4 rings (SSSR count). The Morgan fingerprint density at radius 2 is 1.56 bits per heavy atom. The van der Waals surface area contributed by atoms with Crippen molar-refractivity contribution in [1.82, 2.24) is 14.5 Å². The van der Waals surface area contributed by atoms with Crippen LogP contribution in [0.2, 0.25) is 0 Å². The van der Waals surface area contributed by atoms with Gasteiger partial charge in [0.2, 0.25) is 21.8 Å². The Morgan fingerprint density at radius 3 is 2.18 bits per heavy atom. The lowest BCUT2D eigenvalue weighted by molar-refractivity contribution is -0.141. The standard InChI is InChI=1S/C35H45N3O6S/c1-27(2)44-25-9-22-36-35(40)34(30-10-5-4-6-11-30)38(26-29-12-17-31(43-3)18-13-29)33(39)21-16-28-14-19-32(20-15-28)45(41,42)37-23-7-8-24-37/h4-6,10-15,17-20,27,34H,7-9,16,21-26H2,1-3H3,(H,36,40). The van der Waals surface area contributed by atoms with Crippen molar-refractivity contribution in [3.05, 3.63) is 95.6 Å². The van der Waals surface area contributed by atoms with Gasteiger partial charge in [-0.2, -0.15) is 4.31 Å². The van der Waals surface area contributed by atoms with Gasteiger partial charge in [0, 0.05) is 39.2 Å². The van der Waals surface area contributed by atoms with Crippen LogP contribution < -0.4 is 10.1 Å². The molecule has 10 heteroatoms. The zero-order chi connectivity index (χ0) is 32.2. The van der Waals surface area contributed by atoms with Crippen LogP contribution in [0.4, 0.5) is 0 Å². The van der Waals surface area contributed by atoms with Gasteiger partial charge < -0.3 is 19.7 Å². The van der Waals surface area contributed by atoms with Crippen LogP contribution in [0.3, 0.4) is 0 Å². The van der Waals surface area contributed by atoms with Gasteiger partial charge in [-0.15, -0.1) is 0 Å². The number of hydrogen-bond acceptors (Lipinski definition) is 6. The molecule has 3 aromatic rings. The van der Waals surface area contributed by atoms with Gasteiger partial charge >= 0.3 is 0 Å². The average Bonchev–Trinajstić information content (AvgIpc) is 3.60. The topological polar surface area (TPSA) is 105 Å². The monoisotopic (exact) mass is 635 g/mol. The summed E-state index contributed by atoms with van der Waals surface area (Å²) in [5.74, 6) is 0.253. The highest BCUT2D eigenvalue weighted by Gasteiger charge is 2.31. The Bertz CT molecular complexity index is 1470. The lowest BCUT2D eigenvalue weighted by Gasteiger charge is -2.32. The van der Waals surface area contributed by atoms with E-state index in [1.807, 2.05) is 68.4 Å². The van der Waals surface area contributed by atoms with E-state index < -0.39 is 16.1 Å². The largest absolute Gasteiger partial charge is 0.497 e. The van der Waals surface area contributed by atoms with Crippen molar-refractivity contribution in [2.24, 2.45) is 0 Å². The van der Waals surface area contributed by atoms with Crippen molar-refractivity contribution in [2.45, 2.75) is 69.5 Å². The molecule has 1 N–H and O–H groups in total. The second-order valence-electron chi connectivity index (χ2n) is 11.5. The molecule has 242 valence electrons. The molecule has 0 bridgehead atoms. The summed E-state index contributed by atoms with van der Waals surface area (Å²) in [6.07, 6.45) is 3.06. The number of amides is 2. The van der Waals surface area contributed by atoms with Gasteiger partial charge in [-0.3, -0.25) is 9.59 Å². The number of methoxy groups -OCH3 is 1. The second-order valence-corrected chi connectivity index (χ2v) is 13.4. The van der Waals surface area contributed by atoms with Crippen molar-refractivity contribution >= 4 is 21.8 Å². The lowest BCUT2D eigenvalue weighted by atomic mass is 10.0. The summed E-state index contributed by atoms with van der Waals surface area (Å²) in [4.78, 5) is 29.7. The summed E-state index contributed by atoms with van der Waals surface area (Å²) < 4.78 is 38.3. The first-order valence-electron chi connectivity index (χ1n) is 15.6. The van der Waals surface area contributed by atoms with E-state index in [1.165, 1.54) is 4.31 Å². The van der Waals surface area contributed by atoms with Crippen LogP contribution in [0, 0.1) is 0 Å². The minimum Gasteiger partial charge on any atom is -0.497 e. The molecular weight excluding hydrogens is 590 g/mol. The second kappa shape index (κ2) is 16.5. The highest BCUT2D eigenvalue weighted by molar-refractivity contribution is 7.89. The summed E-state index contributed by atoms with van der Waals surface area (Å²) in [5, 5.41) is 3.02. The first-order valence-corrected chi connectivity index (χ1v) is 17.1. The van der Waals surface area contributed by atoms with E-state index in [-0.39, 0.29) is 35.8 Å². The van der Waals surface area contributed by atoms with E-state index in [2.05, 4.69) is 5.32 Å². The minimum atomic E-state index is -3.51. The van der Waals surface area contributed by atoms with E-state index in [4.69, 9.17) is 9.47 Å². The van der Waals surface area contributed by atoms with Crippen molar-refractivity contribution in [3.63, 3.8) is 0 Å². The fourth-order valence-corrected chi connectivity index (χ4v) is 6.88. The van der Waals surface area contributed by atoms with Crippen LogP contribution in [0.1, 0.15) is 62.3 Å². The molecule has 1 aliphatic heterocycles. The molecule has 45 heavy (non-hydrogen) atoms. The Labute approximate surface area is 267 Å². The van der Waals surface area contributed by atoms with E-state index >= 15 is 0 Å². The molecule has 2 amide bonds. The third kappa shape index (κ3) is 9.63. The molecule has 1 aliphatic rings. The average molecular weight is 636 g/mol. The molecular formula is C35H45N3O6S. The molecule has 1 heterocycles. The van der Waals surface area contributed by atoms with Gasteiger partial charge in [-0.05, 0) is 80.5 Å². The van der Waals surface area contributed by atoms with Crippen molar-refractivity contribution < 1.29 is 27.5 Å². The third-order valence-electron chi connectivity index (χ3n) is 7.83. The molecule has 0 saturated carbocycles. The molecule has 9 nitrogen and oxygen atoms in total. The fraction of sp³-hybridized carbons (Fsp3) is 0.429. The Balaban J connectivity index is 1.53. The Kier molecular flexibility index (Phi) is 12.6. The molecule has 0 spiro atoms. The first-order chi connectivity index (χ1) is 21.7. The van der Waals surface area contributed by atoms with Crippen LogP contribution in [-0.2, 0) is 37.3 Å². The number of ether oxygens (including phenoxy) is 2. The van der Waals surface area contributed by atoms with E-state index in [0.29, 0.717) is 50.4 Å². The van der Waals surface area contributed by atoms with Gasteiger partial charge in [0.25, 0.3) is 0 Å². The summed E-state index contributed by atoms with van der Waals surface area (Å²) in [6.45, 7) is 6.20. The van der Waals surface area contributed by atoms with E-state index in [0.717, 1.165) is 24.0 Å². The molecule has 1 atom stereocenters. The number of hydrogen-bond donors (Lipinski definition) is 1. The zero-order valence-corrected chi connectivity index (χ0v) is 27.3. The highest BCUT2D eigenvalue weighted by atomic mass is 32.2. The van der Waals surface area contributed by atoms with Gasteiger partial charge in [-0.1, -0.05) is 54.6 Å². The predicted molar refractivity (Wildman–Crippen MR) is 174 cm³/mol. The number of aryl methyl sites for hydroxylation is 1. The van der Waals surface area contributed by atoms with Crippen LogP contribution in [-0.4, -0.2) is 68.9 Å². The number of carbonyl (C=O) groups excluding carboxylic acids is 2. The minimum absolute atomic E-state index is 0.112. The Hall–Kier alpha value is -3.73. The quantitative estimate of drug-likeness (QED) is 0.219. The van der Waals surface area contributed by atoms with Crippen LogP contribution in [0.15, 0.2) is 83.8 Å². The number of nitrogens with one attached hydrogen (secondary N) is 1. The maximum absolute atomic E-state index is 14.0. The molecule has 1 saturated heterocycles. The maximum atomic E-state index is 14.0. The van der Waals surface area contributed by atoms with E-state index in [9.17, 15) is 18.0 Å². The van der Waals surface area contributed by atoms with Crippen molar-refractivity contribution in [1.29, 1.82) is 0 Å². The number of sulfonamides is 1. The van der Waals surface area contributed by atoms with Crippen LogP contribution in [0.25, 0.3) is 0 Å². The van der Waals surface area contributed by atoms with Gasteiger partial charge in [0.1, 0.15) is 11.8 Å². The molecule has 0 radical (unpaired) electrons. The van der Waals surface area contributed by atoms with Gasteiger partial charge in [0.05, 0.1) is 18.1 Å². The number of nitrogens with zero attached hydrogens (tertiary/aromatic N) is 2. The van der Waals surface area contributed by atoms with Gasteiger partial charge in [0.15, 0.2) is 0 Å². The molecule has 1 fully saturated rings. The number of rotatable bonds is 16. The summed E-state index contributed by atoms with van der Waals surface area (Å²) in [7, 11) is -1.91. The Morgan fingerprint density at radius 1 is 0.911 bits per heavy atom. The summed E-state index contributed by atoms with van der Waals surface area (Å²) in [6, 6.07) is 22.7. The summed E-state index contributed by atoms with van der Waals surface area (Å²) in [5.41, 5.74) is 2.42. The smallest absolute Gasteiger partial charge is 0.247 e. The number of benzene rings is 3. The van der Waals surface area contributed by atoms with Crippen molar-refractivity contribution in [2.75, 3.05) is 33.4 Å². The molecule has 1 unspecified atom stereocenters. The van der Waals surface area contributed by atoms with Crippen LogP contribution in [0.5, 0.6) is 5.75 Å². The van der Waals surface area contributed by atoms with E-state index in [1.54, 1.807) is 36.3 Å². The van der Waals surface area contributed by atoms with Gasteiger partial charge in [-0.25, -0.2) is 8.42 Å². The van der Waals surface area contributed by atoms with Crippen LogP contribution >= 0.6 is 0 Å². The zero-order valence-electron chi connectivity index (χ0n) is 26.5.